The molecule has 0 aliphatic rings. The third-order valence-corrected chi connectivity index (χ3v) is 4.62. The average molecular weight is 552 g/mol. The molecule has 0 saturated carbocycles. The summed E-state index contributed by atoms with van der Waals surface area (Å²) in [7, 11) is 0. The van der Waals surface area contributed by atoms with E-state index in [-0.39, 0.29) is 5.39 Å². The van der Waals surface area contributed by atoms with Crippen molar-refractivity contribution in [3.63, 3.8) is 0 Å². The number of aromatic carboxylic acids is 1. The number of hydrogen-bond acceptors (Lipinski definition) is 4. The van der Waals surface area contributed by atoms with Crippen molar-refractivity contribution in [2.24, 2.45) is 0 Å². The first-order valence-corrected chi connectivity index (χ1v) is 8.91. The molecule has 0 unspecified atom stereocenters. The van der Waals surface area contributed by atoms with Gasteiger partial charge in [0, 0.05) is 11.5 Å². The number of halogens is 13. The molecule has 2 aromatic rings. The zero-order valence-corrected chi connectivity index (χ0v) is 16.7. The lowest BCUT2D eigenvalue weighted by Gasteiger charge is -2.39. The molecule has 5 nitrogen and oxygen atoms in total. The topological polar surface area (TPSA) is 76.7 Å². The molecule has 0 spiro atoms. The SMILES string of the molecule is O=C(O)c1cc2ccc(OCCC(F)(F)C(F)(F)C(F)(F)C(F)(F)C(F)(F)C(F)(F)F)cc2oc1=O. The van der Waals surface area contributed by atoms with Crippen LogP contribution in [0.2, 0.25) is 0 Å². The molecular weight excluding hydrogens is 543 g/mol. The molecule has 0 bridgehead atoms. The number of fused-ring (bicyclic) bond motifs is 1. The molecular formula is C18H9F13O5. The monoisotopic (exact) mass is 552 g/mol. The highest BCUT2D eigenvalue weighted by Gasteiger charge is 2.90. The summed E-state index contributed by atoms with van der Waals surface area (Å²) in [5, 5.41) is 8.75. The standard InChI is InChI=1S/C18H9F13O5/c19-13(20,14(21,22)15(23,24)16(25,26)17(27,28)18(29,30)31)3-4-35-8-2-1-7-5-9(11(32)33)12(34)36-10(7)6-8/h1-2,5-6H,3-4H2,(H,32,33). The van der Waals surface area contributed by atoms with E-state index in [1.54, 1.807) is 0 Å². The fourth-order valence-electron chi connectivity index (χ4n) is 2.59. The van der Waals surface area contributed by atoms with Gasteiger partial charge in [0.25, 0.3) is 0 Å². The van der Waals surface area contributed by atoms with E-state index >= 15 is 0 Å². The summed E-state index contributed by atoms with van der Waals surface area (Å²) >= 11 is 0. The van der Waals surface area contributed by atoms with Crippen molar-refractivity contribution in [2.45, 2.75) is 42.2 Å². The van der Waals surface area contributed by atoms with Crippen LogP contribution < -0.4 is 10.4 Å². The molecule has 18 heteroatoms. The van der Waals surface area contributed by atoms with Gasteiger partial charge in [-0.3, -0.25) is 0 Å². The lowest BCUT2D eigenvalue weighted by atomic mass is 9.93. The predicted molar refractivity (Wildman–Crippen MR) is 90.3 cm³/mol. The minimum Gasteiger partial charge on any atom is -0.493 e. The molecule has 0 aliphatic heterocycles. The van der Waals surface area contributed by atoms with E-state index in [1.807, 2.05) is 0 Å². The molecule has 1 aromatic carbocycles. The average Bonchev–Trinajstić information content (AvgIpc) is 2.71. The summed E-state index contributed by atoms with van der Waals surface area (Å²) in [5.74, 6) is -39.7. The minimum absolute atomic E-state index is 0.0660. The Bertz CT molecular complexity index is 1200. The van der Waals surface area contributed by atoms with E-state index in [1.165, 1.54) is 0 Å². The van der Waals surface area contributed by atoms with Crippen molar-refractivity contribution in [3.05, 3.63) is 40.2 Å². The van der Waals surface area contributed by atoms with Crippen molar-refractivity contribution in [1.29, 1.82) is 0 Å². The number of carboxylic acids is 1. The maximum absolute atomic E-state index is 13.8. The first-order chi connectivity index (χ1) is 16.0. The number of ether oxygens (including phenoxy) is 1. The minimum atomic E-state index is -7.99. The molecule has 202 valence electrons. The van der Waals surface area contributed by atoms with E-state index in [9.17, 15) is 66.7 Å². The number of carbonyl (C=O) groups is 1. The fourth-order valence-corrected chi connectivity index (χ4v) is 2.59. The number of carboxylic acid groups (broad SMARTS) is 1. The highest BCUT2D eigenvalue weighted by atomic mass is 19.4. The molecule has 0 saturated heterocycles. The third kappa shape index (κ3) is 4.52. The molecule has 36 heavy (non-hydrogen) atoms. The van der Waals surface area contributed by atoms with Gasteiger partial charge in [-0.2, -0.15) is 57.1 Å². The molecule has 1 N–H and O–H groups in total. The van der Waals surface area contributed by atoms with E-state index in [4.69, 9.17) is 5.11 Å². The lowest BCUT2D eigenvalue weighted by Crippen LogP contribution is -2.70. The van der Waals surface area contributed by atoms with E-state index in [0.29, 0.717) is 0 Å². The van der Waals surface area contributed by atoms with Crippen LogP contribution in [0, 0.1) is 0 Å². The van der Waals surface area contributed by atoms with Gasteiger partial charge >= 0.3 is 47.4 Å². The maximum Gasteiger partial charge on any atom is 0.460 e. The summed E-state index contributed by atoms with van der Waals surface area (Å²) in [6, 6.07) is 3.38. The van der Waals surface area contributed by atoms with Crippen molar-refractivity contribution in [1.82, 2.24) is 0 Å². The predicted octanol–water partition coefficient (Wildman–Crippen LogP) is 6.00. The van der Waals surface area contributed by atoms with Crippen molar-refractivity contribution in [3.8, 4) is 5.75 Å². The van der Waals surface area contributed by atoms with Crippen molar-refractivity contribution >= 4 is 16.9 Å². The highest BCUT2D eigenvalue weighted by molar-refractivity contribution is 5.91. The molecule has 1 heterocycles. The molecule has 1 aromatic heterocycles. The summed E-state index contributed by atoms with van der Waals surface area (Å²) in [6.07, 6.45) is -10.1. The summed E-state index contributed by atoms with van der Waals surface area (Å²) in [4.78, 5) is 22.4. The van der Waals surface area contributed by atoms with Crippen LogP contribution in [0.4, 0.5) is 57.1 Å². The van der Waals surface area contributed by atoms with Gasteiger partial charge in [-0.25, -0.2) is 9.59 Å². The Kier molecular flexibility index (Phi) is 7.03. The van der Waals surface area contributed by atoms with Crippen LogP contribution in [0.15, 0.2) is 33.5 Å². The van der Waals surface area contributed by atoms with Gasteiger partial charge in [0.2, 0.25) is 0 Å². The Hall–Kier alpha value is -3.21. The van der Waals surface area contributed by atoms with E-state index in [0.717, 1.165) is 24.3 Å². The number of alkyl halides is 13. The first kappa shape index (κ1) is 29.0. The van der Waals surface area contributed by atoms with E-state index in [2.05, 4.69) is 9.15 Å². The molecule has 0 atom stereocenters. The Morgan fingerprint density at radius 2 is 1.33 bits per heavy atom. The van der Waals surface area contributed by atoms with Crippen LogP contribution in [0.1, 0.15) is 16.8 Å². The van der Waals surface area contributed by atoms with Crippen molar-refractivity contribution in [2.75, 3.05) is 6.61 Å². The van der Waals surface area contributed by atoms with Crippen LogP contribution in [0.3, 0.4) is 0 Å². The van der Waals surface area contributed by atoms with Gasteiger partial charge < -0.3 is 14.3 Å². The van der Waals surface area contributed by atoms with Gasteiger partial charge in [-0.05, 0) is 18.2 Å². The number of hydrogen-bond donors (Lipinski definition) is 1. The van der Waals surface area contributed by atoms with Crippen LogP contribution >= 0.6 is 0 Å². The normalized spacial score (nSPS) is 14.2. The van der Waals surface area contributed by atoms with Crippen LogP contribution in [-0.4, -0.2) is 53.5 Å². The van der Waals surface area contributed by atoms with Gasteiger partial charge in [-0.1, -0.05) is 0 Å². The second-order valence-corrected chi connectivity index (χ2v) is 7.05. The Labute approximate surface area is 189 Å². The maximum atomic E-state index is 13.8. The zero-order valence-electron chi connectivity index (χ0n) is 16.7. The Balaban J connectivity index is 2.26. The molecule has 0 aliphatic carbocycles. The van der Waals surface area contributed by atoms with Crippen LogP contribution in [0.5, 0.6) is 5.75 Å². The van der Waals surface area contributed by atoms with Gasteiger partial charge in [0.1, 0.15) is 16.9 Å². The van der Waals surface area contributed by atoms with Crippen LogP contribution in [0.25, 0.3) is 11.0 Å². The molecule has 0 amide bonds. The first-order valence-electron chi connectivity index (χ1n) is 8.91. The molecule has 0 fully saturated rings. The molecule has 2 rings (SSSR count). The summed E-state index contributed by atoms with van der Waals surface area (Å²) < 4.78 is 179. The smallest absolute Gasteiger partial charge is 0.460 e. The second-order valence-electron chi connectivity index (χ2n) is 7.05. The fraction of sp³-hybridized carbons (Fsp3) is 0.444. The second kappa shape index (κ2) is 8.72. The van der Waals surface area contributed by atoms with Crippen molar-refractivity contribution < 1.29 is 76.1 Å². The third-order valence-electron chi connectivity index (χ3n) is 4.62. The quantitative estimate of drug-likeness (QED) is 0.305. The highest BCUT2D eigenvalue weighted by Crippen LogP contribution is 2.60. The van der Waals surface area contributed by atoms with Crippen LogP contribution in [-0.2, 0) is 0 Å². The largest absolute Gasteiger partial charge is 0.493 e. The van der Waals surface area contributed by atoms with Gasteiger partial charge in [0.15, 0.2) is 0 Å². The zero-order chi connectivity index (χ0) is 28.1. The summed E-state index contributed by atoms with van der Waals surface area (Å²) in [5.41, 5.74) is -2.62. The van der Waals surface area contributed by atoms with Gasteiger partial charge in [0.05, 0.1) is 13.0 Å². The number of benzene rings is 1. The lowest BCUT2D eigenvalue weighted by molar-refractivity contribution is -0.440. The Morgan fingerprint density at radius 1 is 0.806 bits per heavy atom. The molecule has 0 radical (unpaired) electrons. The van der Waals surface area contributed by atoms with Gasteiger partial charge in [-0.15, -0.1) is 0 Å². The number of rotatable bonds is 9. The van der Waals surface area contributed by atoms with E-state index < -0.39 is 77.3 Å². The summed E-state index contributed by atoms with van der Waals surface area (Å²) in [6.45, 7) is -1.71. The Morgan fingerprint density at radius 3 is 1.83 bits per heavy atom.